The summed E-state index contributed by atoms with van der Waals surface area (Å²) in [4.78, 5) is 24.8. The second-order valence-corrected chi connectivity index (χ2v) is 9.65. The topological polar surface area (TPSA) is 58.1 Å². The molecule has 1 saturated heterocycles. The minimum absolute atomic E-state index is 0.158. The zero-order chi connectivity index (χ0) is 23.3. The first kappa shape index (κ1) is 22.4. The molecule has 2 aromatic heterocycles. The number of benzene rings is 2. The van der Waals surface area contributed by atoms with Crippen molar-refractivity contribution in [3.63, 3.8) is 0 Å². The van der Waals surface area contributed by atoms with Gasteiger partial charge >= 0.3 is 0 Å². The van der Waals surface area contributed by atoms with Gasteiger partial charge in [-0.3, -0.25) is 14.7 Å². The van der Waals surface area contributed by atoms with E-state index in [-0.39, 0.29) is 5.91 Å². The van der Waals surface area contributed by atoms with E-state index < -0.39 is 0 Å². The quantitative estimate of drug-likeness (QED) is 0.369. The summed E-state index contributed by atoms with van der Waals surface area (Å²) in [7, 11) is 0. The van der Waals surface area contributed by atoms with Gasteiger partial charge in [0.05, 0.1) is 10.7 Å². The van der Waals surface area contributed by atoms with Gasteiger partial charge in [0.1, 0.15) is 5.69 Å². The van der Waals surface area contributed by atoms with Crippen molar-refractivity contribution in [1.29, 1.82) is 0 Å². The number of carbonyl (C=O) groups is 1. The third kappa shape index (κ3) is 5.24. The Labute approximate surface area is 204 Å². The summed E-state index contributed by atoms with van der Waals surface area (Å²) in [6.45, 7) is 4.96. The van der Waals surface area contributed by atoms with Crippen LogP contribution in [0.25, 0.3) is 11.1 Å². The number of carbonyl (C=O) groups excluding carboxylic acids is 1. The summed E-state index contributed by atoms with van der Waals surface area (Å²) in [5.41, 5.74) is 5.56. The lowest BCUT2D eigenvalue weighted by Gasteiger charge is -2.30. The molecule has 0 bridgehead atoms. The van der Waals surface area contributed by atoms with Crippen molar-refractivity contribution in [3.8, 4) is 11.1 Å². The molecule has 1 aliphatic rings. The molecule has 1 aliphatic heterocycles. The highest BCUT2D eigenvalue weighted by molar-refractivity contribution is 7.10. The van der Waals surface area contributed by atoms with Crippen LogP contribution >= 0.6 is 11.3 Å². The molecule has 6 heteroatoms. The number of hydrogen-bond acceptors (Lipinski definition) is 5. The van der Waals surface area contributed by atoms with Crippen LogP contribution in [0.15, 0.2) is 78.2 Å². The van der Waals surface area contributed by atoms with Gasteiger partial charge in [0, 0.05) is 34.8 Å². The number of anilines is 1. The third-order valence-electron chi connectivity index (χ3n) is 6.28. The van der Waals surface area contributed by atoms with Crippen LogP contribution in [0.2, 0.25) is 0 Å². The number of aromatic nitrogens is 2. The molecule has 4 aromatic rings. The molecule has 34 heavy (non-hydrogen) atoms. The Morgan fingerprint density at radius 1 is 0.971 bits per heavy atom. The normalized spacial score (nSPS) is 14.7. The number of likely N-dealkylation sites (tertiary alicyclic amines) is 1. The van der Waals surface area contributed by atoms with Crippen LogP contribution in [0.5, 0.6) is 0 Å². The molecule has 0 spiro atoms. The predicted octanol–water partition coefficient (Wildman–Crippen LogP) is 6.15. The number of piperidine rings is 1. The van der Waals surface area contributed by atoms with Gasteiger partial charge in [-0.15, -0.1) is 11.3 Å². The van der Waals surface area contributed by atoms with Gasteiger partial charge in [-0.05, 0) is 56.6 Å². The summed E-state index contributed by atoms with van der Waals surface area (Å²) in [6.07, 6.45) is 2.11. The Hall–Kier alpha value is -3.35. The molecule has 0 radical (unpaired) electrons. The molecular weight excluding hydrogens is 440 g/mol. The van der Waals surface area contributed by atoms with Crippen molar-refractivity contribution in [1.82, 2.24) is 14.9 Å². The number of rotatable bonds is 6. The highest BCUT2D eigenvalue weighted by Gasteiger charge is 2.24. The zero-order valence-electron chi connectivity index (χ0n) is 19.3. The summed E-state index contributed by atoms with van der Waals surface area (Å²) >= 11 is 1.60. The van der Waals surface area contributed by atoms with Gasteiger partial charge in [-0.25, -0.2) is 4.98 Å². The molecule has 1 amide bonds. The Morgan fingerprint density at radius 2 is 1.74 bits per heavy atom. The van der Waals surface area contributed by atoms with Crippen molar-refractivity contribution in [2.24, 2.45) is 0 Å². The van der Waals surface area contributed by atoms with Gasteiger partial charge in [0.15, 0.2) is 0 Å². The molecular formula is C28H28N4OS. The van der Waals surface area contributed by atoms with E-state index in [1.165, 1.54) is 0 Å². The maximum atomic E-state index is 13.0. The number of amides is 1. The van der Waals surface area contributed by atoms with Crippen molar-refractivity contribution in [2.45, 2.75) is 32.2 Å². The van der Waals surface area contributed by atoms with Crippen molar-refractivity contribution in [3.05, 3.63) is 100 Å². The summed E-state index contributed by atoms with van der Waals surface area (Å²) in [5, 5.41) is 6.02. The molecule has 1 N–H and O–H groups in total. The molecule has 0 atom stereocenters. The number of para-hydroxylation sites is 1. The SMILES string of the molecule is Cc1cccc(CN2CCC(c3nc(C(=O)Nc4ccccc4-c4ccccc4)cs3)CC2)n1. The number of aryl methyl sites for hydroxylation is 1. The van der Waals surface area contributed by atoms with Crippen molar-refractivity contribution in [2.75, 3.05) is 18.4 Å². The maximum absolute atomic E-state index is 13.0. The molecule has 3 heterocycles. The molecule has 2 aromatic carbocycles. The first-order valence-electron chi connectivity index (χ1n) is 11.7. The van der Waals surface area contributed by atoms with Crippen LogP contribution in [-0.4, -0.2) is 33.9 Å². The van der Waals surface area contributed by atoms with E-state index in [4.69, 9.17) is 4.98 Å². The first-order valence-corrected chi connectivity index (χ1v) is 12.6. The average molecular weight is 469 g/mol. The fourth-order valence-corrected chi connectivity index (χ4v) is 5.45. The molecule has 1 fully saturated rings. The van der Waals surface area contributed by atoms with Crippen LogP contribution in [0.4, 0.5) is 5.69 Å². The maximum Gasteiger partial charge on any atom is 0.275 e. The van der Waals surface area contributed by atoms with E-state index in [0.29, 0.717) is 11.6 Å². The zero-order valence-corrected chi connectivity index (χ0v) is 20.1. The average Bonchev–Trinajstić information content (AvgIpc) is 3.36. The first-order chi connectivity index (χ1) is 16.7. The summed E-state index contributed by atoms with van der Waals surface area (Å²) < 4.78 is 0. The molecule has 0 aliphatic carbocycles. The minimum Gasteiger partial charge on any atom is -0.320 e. The van der Waals surface area contributed by atoms with Crippen LogP contribution in [-0.2, 0) is 6.54 Å². The molecule has 0 saturated carbocycles. The van der Waals surface area contributed by atoms with Crippen LogP contribution in [0.1, 0.15) is 45.6 Å². The molecule has 0 unspecified atom stereocenters. The summed E-state index contributed by atoms with van der Waals surface area (Å²) in [5.74, 6) is 0.249. The van der Waals surface area contributed by atoms with Gasteiger partial charge < -0.3 is 5.32 Å². The van der Waals surface area contributed by atoms with Gasteiger partial charge in [0.2, 0.25) is 0 Å². The number of nitrogens with zero attached hydrogens (tertiary/aromatic N) is 3. The lowest BCUT2D eigenvalue weighted by Crippen LogP contribution is -2.32. The number of nitrogens with one attached hydrogen (secondary N) is 1. The second kappa shape index (κ2) is 10.3. The fourth-order valence-electron chi connectivity index (χ4n) is 4.48. The highest BCUT2D eigenvalue weighted by atomic mass is 32.1. The number of hydrogen-bond donors (Lipinski definition) is 1. The summed E-state index contributed by atoms with van der Waals surface area (Å²) in [6, 6.07) is 24.2. The standard InChI is InChI=1S/C28H28N4OS/c1-20-8-7-11-23(29-20)18-32-16-14-22(15-17-32)28-31-26(19-34-28)27(33)30-25-13-6-5-12-24(25)21-9-3-2-4-10-21/h2-13,19,22H,14-18H2,1H3,(H,30,33). The third-order valence-corrected chi connectivity index (χ3v) is 7.29. The predicted molar refractivity (Wildman–Crippen MR) is 138 cm³/mol. The number of thiazole rings is 1. The minimum atomic E-state index is -0.158. The van der Waals surface area contributed by atoms with E-state index in [0.717, 1.165) is 65.7 Å². The van der Waals surface area contributed by atoms with E-state index in [1.54, 1.807) is 11.3 Å². The van der Waals surface area contributed by atoms with E-state index in [9.17, 15) is 4.79 Å². The Balaban J connectivity index is 1.21. The Bertz CT molecular complexity index is 1260. The van der Waals surface area contributed by atoms with E-state index in [2.05, 4.69) is 27.3 Å². The van der Waals surface area contributed by atoms with Crippen LogP contribution in [0, 0.1) is 6.92 Å². The van der Waals surface area contributed by atoms with Gasteiger partial charge in [0.25, 0.3) is 5.91 Å². The lowest BCUT2D eigenvalue weighted by atomic mass is 9.97. The van der Waals surface area contributed by atoms with Crippen LogP contribution < -0.4 is 5.32 Å². The largest absolute Gasteiger partial charge is 0.320 e. The Morgan fingerprint density at radius 3 is 2.53 bits per heavy atom. The lowest BCUT2D eigenvalue weighted by molar-refractivity contribution is 0.102. The van der Waals surface area contributed by atoms with Gasteiger partial charge in [-0.2, -0.15) is 0 Å². The smallest absolute Gasteiger partial charge is 0.275 e. The second-order valence-electron chi connectivity index (χ2n) is 8.76. The Kier molecular flexibility index (Phi) is 6.79. The molecule has 172 valence electrons. The monoisotopic (exact) mass is 468 g/mol. The van der Waals surface area contributed by atoms with Crippen LogP contribution in [0.3, 0.4) is 0 Å². The van der Waals surface area contributed by atoms with Gasteiger partial charge in [-0.1, -0.05) is 54.6 Å². The number of pyridine rings is 1. The fraction of sp³-hybridized carbons (Fsp3) is 0.250. The molecule has 5 nitrogen and oxygen atoms in total. The van der Waals surface area contributed by atoms with E-state index >= 15 is 0 Å². The molecule has 5 rings (SSSR count). The highest BCUT2D eigenvalue weighted by Crippen LogP contribution is 2.32. The van der Waals surface area contributed by atoms with Crippen molar-refractivity contribution >= 4 is 22.9 Å². The van der Waals surface area contributed by atoms with Crippen molar-refractivity contribution < 1.29 is 4.79 Å². The van der Waals surface area contributed by atoms with E-state index in [1.807, 2.05) is 73.0 Å².